The normalized spacial score (nSPS) is 12.1. The van der Waals surface area contributed by atoms with Gasteiger partial charge in [0.1, 0.15) is 5.84 Å². The number of nitrogens with zero attached hydrogens (tertiary/aromatic N) is 1. The smallest absolute Gasteiger partial charge is 0.249 e. The molecule has 0 saturated carbocycles. The van der Waals surface area contributed by atoms with Gasteiger partial charge in [0.25, 0.3) is 0 Å². The molecule has 0 amide bonds. The minimum absolute atomic E-state index is 0.159. The molecule has 6 heteroatoms. The Bertz CT molecular complexity index is 1150. The SMILES string of the molecule is NN=C(N)c1cccc(-c2cc(=O)[nH]c3c2[nH]c2ccccc23)c1. The summed E-state index contributed by atoms with van der Waals surface area (Å²) in [6, 6.07) is 16.9. The molecule has 0 aliphatic rings. The first-order valence-corrected chi connectivity index (χ1v) is 7.45. The second-order valence-electron chi connectivity index (χ2n) is 5.56. The van der Waals surface area contributed by atoms with Crippen molar-refractivity contribution in [1.82, 2.24) is 9.97 Å². The molecule has 0 aliphatic carbocycles. The van der Waals surface area contributed by atoms with Gasteiger partial charge in [-0.1, -0.05) is 36.4 Å². The lowest BCUT2D eigenvalue weighted by atomic mass is 10.0. The van der Waals surface area contributed by atoms with Crippen LogP contribution in [0.5, 0.6) is 0 Å². The van der Waals surface area contributed by atoms with E-state index < -0.39 is 0 Å². The Kier molecular flexibility index (Phi) is 3.09. The molecule has 4 aromatic rings. The second kappa shape index (κ2) is 5.27. The molecule has 0 aliphatic heterocycles. The van der Waals surface area contributed by atoms with Crippen LogP contribution in [0.25, 0.3) is 33.1 Å². The van der Waals surface area contributed by atoms with Crippen LogP contribution in [0.4, 0.5) is 0 Å². The molecule has 0 saturated heterocycles. The lowest BCUT2D eigenvalue weighted by Crippen LogP contribution is -2.15. The Labute approximate surface area is 136 Å². The number of para-hydroxylation sites is 1. The lowest BCUT2D eigenvalue weighted by molar-refractivity contribution is 1.23. The summed E-state index contributed by atoms with van der Waals surface area (Å²) in [6.45, 7) is 0. The summed E-state index contributed by atoms with van der Waals surface area (Å²) in [4.78, 5) is 18.5. The van der Waals surface area contributed by atoms with Crippen molar-refractivity contribution in [3.8, 4) is 11.1 Å². The van der Waals surface area contributed by atoms with Gasteiger partial charge in [0, 0.05) is 28.1 Å². The molecule has 0 fully saturated rings. The van der Waals surface area contributed by atoms with Crippen molar-refractivity contribution in [2.45, 2.75) is 0 Å². The fourth-order valence-electron chi connectivity index (χ4n) is 2.98. The Morgan fingerprint density at radius 1 is 0.958 bits per heavy atom. The molecular weight excluding hydrogens is 302 g/mol. The maximum absolute atomic E-state index is 12.2. The van der Waals surface area contributed by atoms with Crippen molar-refractivity contribution < 1.29 is 0 Å². The molecule has 0 atom stereocenters. The predicted octanol–water partition coefficient (Wildman–Crippen LogP) is 2.26. The zero-order valence-electron chi connectivity index (χ0n) is 12.7. The van der Waals surface area contributed by atoms with Gasteiger partial charge in [-0.15, -0.1) is 0 Å². The van der Waals surface area contributed by atoms with Crippen LogP contribution < -0.4 is 17.1 Å². The van der Waals surface area contributed by atoms with E-state index in [9.17, 15) is 4.79 Å². The third-order valence-corrected chi connectivity index (χ3v) is 4.11. The highest BCUT2D eigenvalue weighted by Crippen LogP contribution is 2.30. The van der Waals surface area contributed by atoms with Gasteiger partial charge < -0.3 is 21.5 Å². The fraction of sp³-hybridized carbons (Fsp3) is 0. The van der Waals surface area contributed by atoms with Gasteiger partial charge in [-0.3, -0.25) is 4.79 Å². The van der Waals surface area contributed by atoms with Gasteiger partial charge in [-0.05, 0) is 17.7 Å². The molecule has 2 heterocycles. The quantitative estimate of drug-likeness (QED) is 0.197. The minimum atomic E-state index is -0.159. The number of pyridine rings is 1. The van der Waals surface area contributed by atoms with Crippen LogP contribution in [-0.4, -0.2) is 15.8 Å². The molecule has 0 spiro atoms. The van der Waals surface area contributed by atoms with E-state index >= 15 is 0 Å². The lowest BCUT2D eigenvalue weighted by Gasteiger charge is -2.06. The zero-order chi connectivity index (χ0) is 16.7. The number of amidine groups is 1. The van der Waals surface area contributed by atoms with E-state index in [1.165, 1.54) is 0 Å². The first-order valence-electron chi connectivity index (χ1n) is 7.45. The van der Waals surface area contributed by atoms with Crippen molar-refractivity contribution in [2.24, 2.45) is 16.7 Å². The molecule has 24 heavy (non-hydrogen) atoms. The maximum Gasteiger partial charge on any atom is 0.249 e. The van der Waals surface area contributed by atoms with Gasteiger partial charge in [-0.2, -0.15) is 5.10 Å². The molecular formula is C18H15N5O. The molecule has 0 bridgehead atoms. The summed E-state index contributed by atoms with van der Waals surface area (Å²) >= 11 is 0. The number of rotatable bonds is 2. The number of hydrogen-bond donors (Lipinski definition) is 4. The van der Waals surface area contributed by atoms with Gasteiger partial charge in [0.2, 0.25) is 5.56 Å². The summed E-state index contributed by atoms with van der Waals surface area (Å²) < 4.78 is 0. The predicted molar refractivity (Wildman–Crippen MR) is 96.8 cm³/mol. The summed E-state index contributed by atoms with van der Waals surface area (Å²) in [5.41, 5.74) is 10.6. The minimum Gasteiger partial charge on any atom is -0.382 e. The number of hydrazone groups is 1. The van der Waals surface area contributed by atoms with Crippen molar-refractivity contribution in [3.63, 3.8) is 0 Å². The van der Waals surface area contributed by atoms with E-state index in [0.29, 0.717) is 5.56 Å². The number of aromatic nitrogens is 2. The average Bonchev–Trinajstić information content (AvgIpc) is 2.99. The first-order chi connectivity index (χ1) is 11.7. The van der Waals surface area contributed by atoms with Crippen LogP contribution in [0.15, 0.2) is 64.5 Å². The summed E-state index contributed by atoms with van der Waals surface area (Å²) in [6.07, 6.45) is 0. The van der Waals surface area contributed by atoms with E-state index in [-0.39, 0.29) is 11.4 Å². The van der Waals surface area contributed by atoms with E-state index in [1.807, 2.05) is 48.5 Å². The van der Waals surface area contributed by atoms with E-state index in [1.54, 1.807) is 6.07 Å². The molecule has 6 N–H and O–H groups in total. The molecule has 2 aromatic carbocycles. The van der Waals surface area contributed by atoms with Crippen LogP contribution in [0.3, 0.4) is 0 Å². The molecule has 118 valence electrons. The number of fused-ring (bicyclic) bond motifs is 3. The molecule has 4 rings (SSSR count). The number of nitrogens with two attached hydrogens (primary N) is 2. The van der Waals surface area contributed by atoms with Crippen molar-refractivity contribution in [3.05, 3.63) is 70.5 Å². The number of H-pyrrole nitrogens is 2. The third-order valence-electron chi connectivity index (χ3n) is 4.11. The topological polar surface area (TPSA) is 113 Å². The monoisotopic (exact) mass is 317 g/mol. The first kappa shape index (κ1) is 14.1. The highest BCUT2D eigenvalue weighted by molar-refractivity contribution is 6.09. The molecule has 6 nitrogen and oxygen atoms in total. The van der Waals surface area contributed by atoms with Gasteiger partial charge in [0.15, 0.2) is 0 Å². The number of nitrogens with one attached hydrogen (secondary N) is 2. The summed E-state index contributed by atoms with van der Waals surface area (Å²) in [5.74, 6) is 5.51. The van der Waals surface area contributed by atoms with E-state index in [4.69, 9.17) is 11.6 Å². The number of hydrogen-bond acceptors (Lipinski definition) is 3. The van der Waals surface area contributed by atoms with Crippen LogP contribution in [-0.2, 0) is 0 Å². The molecule has 2 aromatic heterocycles. The van der Waals surface area contributed by atoms with Crippen LogP contribution in [0.2, 0.25) is 0 Å². The average molecular weight is 317 g/mol. The highest BCUT2D eigenvalue weighted by atomic mass is 16.1. The molecule has 0 radical (unpaired) electrons. The fourth-order valence-corrected chi connectivity index (χ4v) is 2.98. The highest BCUT2D eigenvalue weighted by Gasteiger charge is 2.12. The van der Waals surface area contributed by atoms with E-state index in [0.717, 1.165) is 33.1 Å². The maximum atomic E-state index is 12.2. The van der Waals surface area contributed by atoms with Gasteiger partial charge >= 0.3 is 0 Å². The second-order valence-corrected chi connectivity index (χ2v) is 5.56. The van der Waals surface area contributed by atoms with Crippen LogP contribution >= 0.6 is 0 Å². The Hall–Kier alpha value is -3.54. The summed E-state index contributed by atoms with van der Waals surface area (Å²) in [5, 5.41) is 4.50. The number of benzene rings is 2. The van der Waals surface area contributed by atoms with Crippen LogP contribution in [0, 0.1) is 0 Å². The van der Waals surface area contributed by atoms with Gasteiger partial charge in [0.05, 0.1) is 11.0 Å². The van der Waals surface area contributed by atoms with Crippen LogP contribution in [0.1, 0.15) is 5.56 Å². The van der Waals surface area contributed by atoms with Gasteiger partial charge in [-0.25, -0.2) is 0 Å². The van der Waals surface area contributed by atoms with Crippen molar-refractivity contribution in [2.75, 3.05) is 0 Å². The summed E-state index contributed by atoms with van der Waals surface area (Å²) in [7, 11) is 0. The zero-order valence-corrected chi connectivity index (χ0v) is 12.7. The number of aromatic amines is 2. The standard InChI is InChI=1S/C18H15N5O/c19-18(23-20)11-5-3-4-10(8-11)13-9-15(24)22-16-12-6-1-2-7-14(12)21-17(13)16/h1-9,21H,20H2,(H2,19,23)(H,22,24). The van der Waals surface area contributed by atoms with Crippen molar-refractivity contribution in [1.29, 1.82) is 0 Å². The van der Waals surface area contributed by atoms with E-state index in [2.05, 4.69) is 15.1 Å². The van der Waals surface area contributed by atoms with Crippen molar-refractivity contribution >= 4 is 27.8 Å². The Balaban J connectivity index is 2.05. The molecule has 0 unspecified atom stereocenters. The Morgan fingerprint density at radius 2 is 1.79 bits per heavy atom. The largest absolute Gasteiger partial charge is 0.382 e. The Morgan fingerprint density at radius 3 is 2.62 bits per heavy atom. The third kappa shape index (κ3) is 2.13.